The van der Waals surface area contributed by atoms with Crippen LogP contribution in [0.3, 0.4) is 0 Å². The lowest BCUT2D eigenvalue weighted by atomic mass is 10.1. The second-order valence-electron chi connectivity index (χ2n) is 5.14. The topological polar surface area (TPSA) is 42.2 Å². The molecule has 0 aliphatic heterocycles. The molecule has 1 aromatic rings. The van der Waals surface area contributed by atoms with E-state index in [1.807, 2.05) is 24.3 Å². The maximum Gasteiger partial charge on any atom is 0.119 e. The third-order valence-electron chi connectivity index (χ3n) is 2.76. The molecule has 3 nitrogen and oxygen atoms in total. The van der Waals surface area contributed by atoms with Gasteiger partial charge in [-0.1, -0.05) is 26.0 Å². The zero-order valence-electron chi connectivity index (χ0n) is 12.1. The van der Waals surface area contributed by atoms with Crippen LogP contribution >= 0.6 is 0 Å². The molecule has 1 aromatic carbocycles. The summed E-state index contributed by atoms with van der Waals surface area (Å²) in [5.41, 5.74) is 1.01. The van der Waals surface area contributed by atoms with Crippen LogP contribution < -0.4 is 4.74 Å². The van der Waals surface area contributed by atoms with Crippen LogP contribution in [0.2, 0.25) is 0 Å². The molecule has 0 bridgehead atoms. The largest absolute Gasteiger partial charge is 0.491 e. The van der Waals surface area contributed by atoms with Gasteiger partial charge in [0.25, 0.3) is 0 Å². The van der Waals surface area contributed by atoms with Crippen LogP contribution in [0, 0.1) is 17.2 Å². The van der Waals surface area contributed by atoms with E-state index in [1.165, 1.54) is 0 Å². The summed E-state index contributed by atoms with van der Waals surface area (Å²) >= 11 is 0. The number of hydrogen-bond donors (Lipinski definition) is 0. The van der Waals surface area contributed by atoms with Crippen LogP contribution in [0.1, 0.15) is 32.8 Å². The number of rotatable bonds is 8. The van der Waals surface area contributed by atoms with Crippen LogP contribution in [0.15, 0.2) is 24.3 Å². The van der Waals surface area contributed by atoms with Crippen molar-refractivity contribution in [2.45, 2.75) is 39.7 Å². The summed E-state index contributed by atoms with van der Waals surface area (Å²) in [5.74, 6) is 1.48. The molecule has 1 rings (SSSR count). The van der Waals surface area contributed by atoms with E-state index < -0.39 is 0 Å². The molecule has 1 atom stereocenters. The minimum absolute atomic E-state index is 0.279. The Morgan fingerprint density at radius 2 is 1.79 bits per heavy atom. The summed E-state index contributed by atoms with van der Waals surface area (Å²) in [6.45, 7) is 7.64. The Morgan fingerprint density at radius 1 is 1.11 bits per heavy atom. The van der Waals surface area contributed by atoms with Crippen molar-refractivity contribution in [1.29, 1.82) is 5.26 Å². The van der Waals surface area contributed by atoms with Crippen LogP contribution in [0.25, 0.3) is 0 Å². The fourth-order valence-corrected chi connectivity index (χ4v) is 1.94. The fraction of sp³-hybridized carbons (Fsp3) is 0.562. The van der Waals surface area contributed by atoms with E-state index >= 15 is 0 Å². The van der Waals surface area contributed by atoms with Gasteiger partial charge in [0.2, 0.25) is 0 Å². The quantitative estimate of drug-likeness (QED) is 0.672. The van der Waals surface area contributed by atoms with Gasteiger partial charge in [0.1, 0.15) is 12.4 Å². The van der Waals surface area contributed by atoms with Crippen molar-refractivity contribution in [1.82, 2.24) is 0 Å². The highest BCUT2D eigenvalue weighted by Gasteiger charge is 2.04. The van der Waals surface area contributed by atoms with E-state index in [9.17, 15) is 0 Å². The molecule has 0 aliphatic rings. The molecule has 0 aromatic heterocycles. The van der Waals surface area contributed by atoms with Crippen molar-refractivity contribution in [3.8, 4) is 11.8 Å². The Balaban J connectivity index is 2.20. The monoisotopic (exact) mass is 261 g/mol. The Kier molecular flexibility index (Phi) is 6.99. The first kappa shape index (κ1) is 15.5. The maximum atomic E-state index is 8.58. The highest BCUT2D eigenvalue weighted by Crippen LogP contribution is 2.12. The Labute approximate surface area is 116 Å². The molecule has 3 heteroatoms. The predicted molar refractivity (Wildman–Crippen MR) is 76.1 cm³/mol. The van der Waals surface area contributed by atoms with Gasteiger partial charge < -0.3 is 9.47 Å². The molecule has 104 valence electrons. The van der Waals surface area contributed by atoms with Crippen LogP contribution in [-0.2, 0) is 11.2 Å². The minimum Gasteiger partial charge on any atom is -0.491 e. The second-order valence-corrected chi connectivity index (χ2v) is 5.14. The minimum atomic E-state index is 0.279. The molecule has 0 heterocycles. The van der Waals surface area contributed by atoms with Crippen LogP contribution in [0.4, 0.5) is 0 Å². The summed E-state index contributed by atoms with van der Waals surface area (Å²) in [6.07, 6.45) is 1.79. The summed E-state index contributed by atoms with van der Waals surface area (Å²) in [5, 5.41) is 8.58. The Morgan fingerprint density at radius 3 is 2.37 bits per heavy atom. The molecule has 19 heavy (non-hydrogen) atoms. The third kappa shape index (κ3) is 6.83. The average Bonchev–Trinajstić information content (AvgIpc) is 2.36. The summed E-state index contributed by atoms with van der Waals surface area (Å²) in [7, 11) is 0. The Bertz CT molecular complexity index is 392. The number of hydrogen-bond acceptors (Lipinski definition) is 3. The van der Waals surface area contributed by atoms with Gasteiger partial charge >= 0.3 is 0 Å². The van der Waals surface area contributed by atoms with E-state index in [0.29, 0.717) is 25.6 Å². The first-order valence-electron chi connectivity index (χ1n) is 6.82. The molecule has 1 unspecified atom stereocenters. The molecular weight excluding hydrogens is 238 g/mol. The molecule has 0 N–H and O–H groups in total. The normalized spacial score (nSPS) is 12.2. The zero-order valence-corrected chi connectivity index (χ0v) is 12.1. The number of nitrogens with zero attached hydrogens (tertiary/aromatic N) is 1. The smallest absolute Gasteiger partial charge is 0.119 e. The van der Waals surface area contributed by atoms with Crippen molar-refractivity contribution < 1.29 is 9.47 Å². The number of benzene rings is 1. The van der Waals surface area contributed by atoms with E-state index in [4.69, 9.17) is 14.7 Å². The van der Waals surface area contributed by atoms with Crippen LogP contribution in [0.5, 0.6) is 5.75 Å². The molecule has 0 radical (unpaired) electrons. The standard InChI is InChI=1S/C16H23NO2/c1-13(2)12-14(3)18-10-11-19-16-6-4-15(5-7-16)8-9-17/h4-7,13-14H,8,10-12H2,1-3H3. The van der Waals surface area contributed by atoms with Gasteiger partial charge in [0.05, 0.1) is 25.2 Å². The van der Waals surface area contributed by atoms with E-state index in [2.05, 4.69) is 26.8 Å². The van der Waals surface area contributed by atoms with Gasteiger partial charge in [-0.3, -0.25) is 0 Å². The molecule has 0 saturated heterocycles. The second kappa shape index (κ2) is 8.55. The maximum absolute atomic E-state index is 8.58. The van der Waals surface area contributed by atoms with E-state index in [0.717, 1.165) is 17.7 Å². The number of ether oxygens (including phenoxy) is 2. The lowest BCUT2D eigenvalue weighted by Crippen LogP contribution is -2.16. The third-order valence-corrected chi connectivity index (χ3v) is 2.76. The Hall–Kier alpha value is -1.53. The van der Waals surface area contributed by atoms with E-state index in [-0.39, 0.29) is 6.10 Å². The molecular formula is C16H23NO2. The molecule has 0 fully saturated rings. The highest BCUT2D eigenvalue weighted by atomic mass is 16.5. The van der Waals surface area contributed by atoms with Gasteiger partial charge in [0.15, 0.2) is 0 Å². The van der Waals surface area contributed by atoms with Gasteiger partial charge in [-0.25, -0.2) is 0 Å². The molecule has 0 aliphatic carbocycles. The SMILES string of the molecule is CC(C)CC(C)OCCOc1ccc(CC#N)cc1. The lowest BCUT2D eigenvalue weighted by molar-refractivity contribution is 0.0331. The van der Waals surface area contributed by atoms with Gasteiger partial charge in [-0.15, -0.1) is 0 Å². The predicted octanol–water partition coefficient (Wildman–Crippen LogP) is 3.58. The van der Waals surface area contributed by atoms with Crippen LogP contribution in [-0.4, -0.2) is 19.3 Å². The zero-order chi connectivity index (χ0) is 14.1. The summed E-state index contributed by atoms with van der Waals surface area (Å²) in [6, 6.07) is 9.74. The molecule has 0 amide bonds. The first-order valence-corrected chi connectivity index (χ1v) is 6.82. The average molecular weight is 261 g/mol. The highest BCUT2D eigenvalue weighted by molar-refractivity contribution is 5.28. The van der Waals surface area contributed by atoms with Crippen molar-refractivity contribution in [3.05, 3.63) is 29.8 Å². The number of nitriles is 1. The van der Waals surface area contributed by atoms with Crippen molar-refractivity contribution in [3.63, 3.8) is 0 Å². The van der Waals surface area contributed by atoms with Gasteiger partial charge in [-0.05, 0) is 37.0 Å². The van der Waals surface area contributed by atoms with Crippen molar-refractivity contribution >= 4 is 0 Å². The molecule has 0 saturated carbocycles. The lowest BCUT2D eigenvalue weighted by Gasteiger charge is -2.15. The van der Waals surface area contributed by atoms with E-state index in [1.54, 1.807) is 0 Å². The fourth-order valence-electron chi connectivity index (χ4n) is 1.94. The van der Waals surface area contributed by atoms with Crippen molar-refractivity contribution in [2.75, 3.05) is 13.2 Å². The summed E-state index contributed by atoms with van der Waals surface area (Å²) in [4.78, 5) is 0. The van der Waals surface area contributed by atoms with Gasteiger partial charge in [-0.2, -0.15) is 5.26 Å². The van der Waals surface area contributed by atoms with Crippen molar-refractivity contribution in [2.24, 2.45) is 5.92 Å². The summed E-state index contributed by atoms with van der Waals surface area (Å²) < 4.78 is 11.3. The first-order chi connectivity index (χ1) is 9.11. The molecule has 0 spiro atoms. The van der Waals surface area contributed by atoms with Gasteiger partial charge in [0, 0.05) is 0 Å².